The van der Waals surface area contributed by atoms with Gasteiger partial charge in [0.05, 0.1) is 18.2 Å². The van der Waals surface area contributed by atoms with Gasteiger partial charge in [0.1, 0.15) is 5.69 Å². The van der Waals surface area contributed by atoms with Crippen LogP contribution in [0.5, 0.6) is 11.5 Å². The molecule has 27 heavy (non-hydrogen) atoms. The van der Waals surface area contributed by atoms with Crippen molar-refractivity contribution >= 4 is 34.9 Å². The van der Waals surface area contributed by atoms with E-state index in [9.17, 15) is 18.9 Å². The Balaban J connectivity index is 2.03. The van der Waals surface area contributed by atoms with Gasteiger partial charge in [-0.2, -0.15) is 13.9 Å². The van der Waals surface area contributed by atoms with E-state index in [1.165, 1.54) is 43.7 Å². The fourth-order valence-corrected chi connectivity index (χ4v) is 2.18. The lowest BCUT2D eigenvalue weighted by molar-refractivity contribution is -0.383. The lowest BCUT2D eigenvalue weighted by Crippen LogP contribution is -2.24. The molecule has 0 atom stereocenters. The number of nitro groups is 1. The number of nitrogens with one attached hydrogen (secondary N) is 2. The molecule has 0 spiro atoms. The molecule has 2 aromatic carbocycles. The summed E-state index contributed by atoms with van der Waals surface area (Å²) >= 11 is 5.02. The van der Waals surface area contributed by atoms with Gasteiger partial charge in [0.25, 0.3) is 5.69 Å². The maximum absolute atomic E-state index is 12.4. The van der Waals surface area contributed by atoms with Crippen molar-refractivity contribution in [2.75, 3.05) is 12.4 Å². The first-order valence-corrected chi connectivity index (χ1v) is 7.78. The number of nitrogens with zero attached hydrogens (tertiary/aromatic N) is 2. The first-order chi connectivity index (χ1) is 12.9. The zero-order valence-electron chi connectivity index (χ0n) is 13.9. The summed E-state index contributed by atoms with van der Waals surface area (Å²) in [4.78, 5) is 10.4. The zero-order chi connectivity index (χ0) is 19.8. The molecule has 2 aromatic rings. The average molecular weight is 396 g/mol. The second-order valence-corrected chi connectivity index (χ2v) is 5.30. The number of methoxy groups -OCH3 is 1. The first-order valence-electron chi connectivity index (χ1n) is 7.37. The summed E-state index contributed by atoms with van der Waals surface area (Å²) in [5.41, 5.74) is 2.98. The van der Waals surface area contributed by atoms with Gasteiger partial charge in [0.2, 0.25) is 0 Å². The number of nitro benzene ring substituents is 1. The van der Waals surface area contributed by atoms with Gasteiger partial charge in [-0.25, -0.2) is 0 Å². The Morgan fingerprint density at radius 1 is 1.30 bits per heavy atom. The molecule has 8 nitrogen and oxygen atoms in total. The lowest BCUT2D eigenvalue weighted by atomic mass is 10.2. The standard InChI is InChI=1S/C16H14F2N4O4S/c1-25-13-7-6-10(8-14(13)26-15(17)18)9-19-21-16(27)20-11-4-2-3-5-12(11)22(23)24/h2-9,15H,1H3,(H2,20,21,27)/b19-9-. The molecule has 2 rings (SSSR count). The van der Waals surface area contributed by atoms with E-state index in [2.05, 4.69) is 20.6 Å². The molecule has 0 bridgehead atoms. The van der Waals surface area contributed by atoms with Crippen LogP contribution in [0.1, 0.15) is 5.56 Å². The number of ether oxygens (including phenoxy) is 2. The normalized spacial score (nSPS) is 10.7. The van der Waals surface area contributed by atoms with Crippen LogP contribution in [0.15, 0.2) is 47.6 Å². The quantitative estimate of drug-likeness (QED) is 0.320. The van der Waals surface area contributed by atoms with Crippen molar-refractivity contribution in [1.82, 2.24) is 5.43 Å². The first kappa shape index (κ1) is 20.0. The summed E-state index contributed by atoms with van der Waals surface area (Å²) < 4.78 is 34.2. The topological polar surface area (TPSA) is 98.0 Å². The molecule has 2 N–H and O–H groups in total. The third kappa shape index (κ3) is 5.85. The molecule has 0 unspecified atom stereocenters. The molecule has 0 amide bonds. The van der Waals surface area contributed by atoms with Crippen LogP contribution in [0.4, 0.5) is 20.2 Å². The SMILES string of the molecule is COc1ccc(/C=N\NC(=S)Nc2ccccc2[N+](=O)[O-])cc1OC(F)F. The smallest absolute Gasteiger partial charge is 0.387 e. The van der Waals surface area contributed by atoms with Gasteiger partial charge in [-0.15, -0.1) is 0 Å². The molecule has 0 fully saturated rings. The Morgan fingerprint density at radius 2 is 2.04 bits per heavy atom. The maximum Gasteiger partial charge on any atom is 0.387 e. The maximum atomic E-state index is 12.4. The third-order valence-corrected chi connectivity index (χ3v) is 3.33. The van der Waals surface area contributed by atoms with Gasteiger partial charge >= 0.3 is 6.61 Å². The van der Waals surface area contributed by atoms with Crippen LogP contribution < -0.4 is 20.2 Å². The molecule has 0 aliphatic carbocycles. The number of thiocarbonyl (C=S) groups is 1. The summed E-state index contributed by atoms with van der Waals surface area (Å²) in [6.45, 7) is -3.00. The number of hydrogen-bond acceptors (Lipinski definition) is 6. The molecule has 0 saturated carbocycles. The van der Waals surface area contributed by atoms with Crippen LogP contribution >= 0.6 is 12.2 Å². The van der Waals surface area contributed by atoms with Gasteiger partial charge in [-0.1, -0.05) is 12.1 Å². The average Bonchev–Trinajstić information content (AvgIpc) is 2.61. The Kier molecular flexibility index (Phi) is 6.94. The minimum absolute atomic E-state index is 0.0121. The van der Waals surface area contributed by atoms with Crippen molar-refractivity contribution in [2.45, 2.75) is 6.61 Å². The summed E-state index contributed by atoms with van der Waals surface area (Å²) in [6, 6.07) is 10.3. The van der Waals surface area contributed by atoms with Gasteiger partial charge in [-0.05, 0) is 42.0 Å². The largest absolute Gasteiger partial charge is 0.493 e. The van der Waals surface area contributed by atoms with Crippen molar-refractivity contribution in [3.63, 3.8) is 0 Å². The van der Waals surface area contributed by atoms with E-state index >= 15 is 0 Å². The monoisotopic (exact) mass is 396 g/mol. The minimum atomic E-state index is -3.00. The second-order valence-electron chi connectivity index (χ2n) is 4.89. The Hall–Kier alpha value is -3.34. The molecule has 0 aliphatic heterocycles. The summed E-state index contributed by atoms with van der Waals surface area (Å²) in [6.07, 6.45) is 1.31. The summed E-state index contributed by atoms with van der Waals surface area (Å²) in [5, 5.41) is 17.5. The van der Waals surface area contributed by atoms with Crippen molar-refractivity contribution < 1.29 is 23.2 Å². The fraction of sp³-hybridized carbons (Fsp3) is 0.125. The van der Waals surface area contributed by atoms with E-state index in [1.54, 1.807) is 12.1 Å². The van der Waals surface area contributed by atoms with Crippen molar-refractivity contribution in [3.8, 4) is 11.5 Å². The van der Waals surface area contributed by atoms with E-state index < -0.39 is 11.5 Å². The highest BCUT2D eigenvalue weighted by Gasteiger charge is 2.13. The van der Waals surface area contributed by atoms with Crippen molar-refractivity contribution in [3.05, 3.63) is 58.1 Å². The summed E-state index contributed by atoms with van der Waals surface area (Å²) in [7, 11) is 1.33. The van der Waals surface area contributed by atoms with E-state index in [0.717, 1.165) is 0 Å². The highest BCUT2D eigenvalue weighted by molar-refractivity contribution is 7.80. The van der Waals surface area contributed by atoms with Crippen LogP contribution in [-0.2, 0) is 0 Å². The second kappa shape index (κ2) is 9.38. The minimum Gasteiger partial charge on any atom is -0.493 e. The predicted octanol–water partition coefficient (Wildman–Crippen LogP) is 3.53. The molecular weight excluding hydrogens is 382 g/mol. The Bertz CT molecular complexity index is 864. The van der Waals surface area contributed by atoms with Crippen LogP contribution in [-0.4, -0.2) is 30.0 Å². The molecule has 0 aromatic heterocycles. The van der Waals surface area contributed by atoms with Crippen molar-refractivity contribution in [2.24, 2.45) is 5.10 Å². The number of benzene rings is 2. The van der Waals surface area contributed by atoms with Gasteiger partial charge in [0.15, 0.2) is 16.6 Å². The van der Waals surface area contributed by atoms with Crippen LogP contribution in [0.25, 0.3) is 0 Å². The van der Waals surface area contributed by atoms with Crippen LogP contribution in [0, 0.1) is 10.1 Å². The number of alkyl halides is 2. The number of rotatable bonds is 7. The predicted molar refractivity (Wildman–Crippen MR) is 99.7 cm³/mol. The number of para-hydroxylation sites is 2. The van der Waals surface area contributed by atoms with Gasteiger partial charge < -0.3 is 14.8 Å². The highest BCUT2D eigenvalue weighted by Crippen LogP contribution is 2.29. The number of anilines is 1. The molecule has 0 aliphatic rings. The number of hydrazone groups is 1. The summed E-state index contributed by atoms with van der Waals surface area (Å²) in [5.74, 6) is 0.00560. The fourth-order valence-electron chi connectivity index (χ4n) is 2.02. The van der Waals surface area contributed by atoms with E-state index in [0.29, 0.717) is 5.56 Å². The Labute approximate surface area is 157 Å². The van der Waals surface area contributed by atoms with Gasteiger partial charge in [-0.3, -0.25) is 15.5 Å². The van der Waals surface area contributed by atoms with E-state index in [-0.39, 0.29) is 28.0 Å². The highest BCUT2D eigenvalue weighted by atomic mass is 32.1. The van der Waals surface area contributed by atoms with Crippen molar-refractivity contribution in [1.29, 1.82) is 0 Å². The third-order valence-electron chi connectivity index (χ3n) is 3.13. The molecule has 142 valence electrons. The number of halogens is 2. The molecule has 0 radical (unpaired) electrons. The molecule has 0 saturated heterocycles. The lowest BCUT2D eigenvalue weighted by Gasteiger charge is -2.10. The zero-order valence-corrected chi connectivity index (χ0v) is 14.7. The molecular formula is C16H14F2N4O4S. The molecule has 11 heteroatoms. The van der Waals surface area contributed by atoms with E-state index in [1.807, 2.05) is 0 Å². The molecule has 0 heterocycles. The number of hydrogen-bond donors (Lipinski definition) is 2. The van der Waals surface area contributed by atoms with E-state index in [4.69, 9.17) is 17.0 Å². The Morgan fingerprint density at radius 3 is 2.70 bits per heavy atom. The van der Waals surface area contributed by atoms with Crippen LogP contribution in [0.2, 0.25) is 0 Å². The van der Waals surface area contributed by atoms with Gasteiger partial charge in [0, 0.05) is 6.07 Å². The van der Waals surface area contributed by atoms with Crippen LogP contribution in [0.3, 0.4) is 0 Å².